The lowest BCUT2D eigenvalue weighted by molar-refractivity contribution is 0.0773. The van der Waals surface area contributed by atoms with E-state index in [-0.39, 0.29) is 5.91 Å². The number of carbonyl (C=O) groups excluding carboxylic acids is 1. The third kappa shape index (κ3) is 3.03. The molecule has 1 aromatic rings. The van der Waals surface area contributed by atoms with Crippen molar-refractivity contribution < 1.29 is 4.79 Å². The molecule has 1 fully saturated rings. The quantitative estimate of drug-likeness (QED) is 0.844. The van der Waals surface area contributed by atoms with Gasteiger partial charge in [0.1, 0.15) is 0 Å². The van der Waals surface area contributed by atoms with Crippen molar-refractivity contribution in [2.45, 2.75) is 26.7 Å². The van der Waals surface area contributed by atoms with Gasteiger partial charge in [-0.2, -0.15) is 0 Å². The highest BCUT2D eigenvalue weighted by Gasteiger charge is 2.19. The van der Waals surface area contributed by atoms with Crippen molar-refractivity contribution in [3.8, 4) is 0 Å². The number of hydrogen-bond donors (Lipinski definition) is 0. The summed E-state index contributed by atoms with van der Waals surface area (Å²) in [5.41, 5.74) is 1.73. The van der Waals surface area contributed by atoms with Crippen molar-refractivity contribution in [3.05, 3.63) is 28.8 Å². The van der Waals surface area contributed by atoms with Crippen LogP contribution in [0, 0.1) is 0 Å². The molecule has 0 aliphatic carbocycles. The molecule has 104 valence electrons. The molecule has 0 spiro atoms. The molecule has 0 bridgehead atoms. The van der Waals surface area contributed by atoms with Crippen LogP contribution in [0.2, 0.25) is 5.02 Å². The van der Waals surface area contributed by atoms with Crippen molar-refractivity contribution in [1.82, 2.24) is 4.90 Å². The Hall–Kier alpha value is -1.22. The summed E-state index contributed by atoms with van der Waals surface area (Å²) in [6.07, 6.45) is 2.40. The van der Waals surface area contributed by atoms with Gasteiger partial charge in [0.05, 0.1) is 10.7 Å². The second-order valence-electron chi connectivity index (χ2n) is 4.84. The van der Waals surface area contributed by atoms with E-state index in [0.29, 0.717) is 0 Å². The fourth-order valence-corrected chi connectivity index (χ4v) is 2.78. The molecule has 0 aromatic heterocycles. The highest BCUT2D eigenvalue weighted by molar-refractivity contribution is 6.33. The average molecular weight is 281 g/mol. The first-order chi connectivity index (χ1) is 9.17. The minimum absolute atomic E-state index is 0.0853. The molecular formula is C15H21ClN2O. The van der Waals surface area contributed by atoms with Crippen LogP contribution in [-0.4, -0.2) is 37.0 Å². The van der Waals surface area contributed by atoms with Gasteiger partial charge in [-0.15, -0.1) is 0 Å². The summed E-state index contributed by atoms with van der Waals surface area (Å²) in [6.45, 7) is 7.52. The molecule has 1 saturated heterocycles. The molecule has 0 unspecified atom stereocenters. The van der Waals surface area contributed by atoms with Crippen LogP contribution in [0.4, 0.5) is 5.69 Å². The molecule has 4 heteroatoms. The molecule has 0 saturated carbocycles. The third-order valence-corrected chi connectivity index (χ3v) is 4.01. The summed E-state index contributed by atoms with van der Waals surface area (Å²) >= 11 is 6.26. The monoisotopic (exact) mass is 280 g/mol. The van der Waals surface area contributed by atoms with E-state index >= 15 is 0 Å². The SMILES string of the molecule is CCN(CC)C(=O)c1ccc(Cl)c(N2CCCC2)c1. The van der Waals surface area contributed by atoms with Crippen LogP contribution in [-0.2, 0) is 0 Å². The molecule has 1 amide bonds. The second-order valence-corrected chi connectivity index (χ2v) is 5.24. The molecule has 1 aromatic carbocycles. The first-order valence-corrected chi connectivity index (χ1v) is 7.39. The minimum atomic E-state index is 0.0853. The fraction of sp³-hybridized carbons (Fsp3) is 0.533. The van der Waals surface area contributed by atoms with Crippen LogP contribution in [0.3, 0.4) is 0 Å². The van der Waals surface area contributed by atoms with Gasteiger partial charge < -0.3 is 9.80 Å². The van der Waals surface area contributed by atoms with Gasteiger partial charge in [0.2, 0.25) is 0 Å². The Morgan fingerprint density at radius 3 is 2.47 bits per heavy atom. The number of nitrogens with zero attached hydrogens (tertiary/aromatic N) is 2. The standard InChI is InChI=1S/C15H21ClN2O/c1-3-17(4-2)15(19)12-7-8-13(16)14(11-12)18-9-5-6-10-18/h7-8,11H,3-6,9-10H2,1-2H3. The van der Waals surface area contributed by atoms with E-state index in [9.17, 15) is 4.79 Å². The maximum Gasteiger partial charge on any atom is 0.253 e. The Balaban J connectivity index is 2.27. The maximum atomic E-state index is 12.3. The van der Waals surface area contributed by atoms with Gasteiger partial charge in [0.15, 0.2) is 0 Å². The first kappa shape index (κ1) is 14.2. The highest BCUT2D eigenvalue weighted by atomic mass is 35.5. The van der Waals surface area contributed by atoms with Crippen LogP contribution in [0.1, 0.15) is 37.0 Å². The number of halogens is 1. The number of amides is 1. The molecule has 0 N–H and O–H groups in total. The van der Waals surface area contributed by atoms with Crippen molar-refractivity contribution in [3.63, 3.8) is 0 Å². The van der Waals surface area contributed by atoms with Gasteiger partial charge in [-0.1, -0.05) is 11.6 Å². The Labute approximate surface area is 120 Å². The summed E-state index contributed by atoms with van der Waals surface area (Å²) in [4.78, 5) is 16.4. The van der Waals surface area contributed by atoms with E-state index in [2.05, 4.69) is 4.90 Å². The lowest BCUT2D eigenvalue weighted by atomic mass is 10.1. The smallest absolute Gasteiger partial charge is 0.253 e. The van der Waals surface area contributed by atoms with Crippen LogP contribution in [0.25, 0.3) is 0 Å². The molecule has 1 aliphatic rings. The van der Waals surface area contributed by atoms with E-state index in [4.69, 9.17) is 11.6 Å². The maximum absolute atomic E-state index is 12.3. The van der Waals surface area contributed by atoms with E-state index < -0.39 is 0 Å². The predicted molar refractivity (Wildman–Crippen MR) is 80.2 cm³/mol. The highest BCUT2D eigenvalue weighted by Crippen LogP contribution is 2.30. The molecule has 3 nitrogen and oxygen atoms in total. The molecule has 2 rings (SSSR count). The minimum Gasteiger partial charge on any atom is -0.370 e. The number of carbonyl (C=O) groups is 1. The summed E-state index contributed by atoms with van der Waals surface area (Å²) in [6, 6.07) is 5.60. The predicted octanol–water partition coefficient (Wildman–Crippen LogP) is 3.42. The lowest BCUT2D eigenvalue weighted by Crippen LogP contribution is -2.30. The summed E-state index contributed by atoms with van der Waals surface area (Å²) in [7, 11) is 0. The fourth-order valence-electron chi connectivity index (χ4n) is 2.54. The van der Waals surface area contributed by atoms with Crippen LogP contribution < -0.4 is 4.90 Å². The van der Waals surface area contributed by atoms with Crippen molar-refractivity contribution in [2.24, 2.45) is 0 Å². The average Bonchev–Trinajstić information content (AvgIpc) is 2.94. The summed E-state index contributed by atoms with van der Waals surface area (Å²) in [5.74, 6) is 0.0853. The van der Waals surface area contributed by atoms with Gasteiger partial charge in [0, 0.05) is 31.7 Å². The van der Waals surface area contributed by atoms with E-state index in [1.165, 1.54) is 12.8 Å². The number of hydrogen-bond acceptors (Lipinski definition) is 2. The van der Waals surface area contributed by atoms with Crippen molar-refractivity contribution in [2.75, 3.05) is 31.1 Å². The lowest BCUT2D eigenvalue weighted by Gasteiger charge is -2.22. The summed E-state index contributed by atoms with van der Waals surface area (Å²) in [5, 5.41) is 0.734. The molecule has 0 radical (unpaired) electrons. The van der Waals surface area contributed by atoms with E-state index in [1.54, 1.807) is 0 Å². The number of benzene rings is 1. The Morgan fingerprint density at radius 2 is 1.89 bits per heavy atom. The van der Waals surface area contributed by atoms with Crippen LogP contribution in [0.5, 0.6) is 0 Å². The van der Waals surface area contributed by atoms with Gasteiger partial charge in [-0.25, -0.2) is 0 Å². The Bertz CT molecular complexity index is 451. The topological polar surface area (TPSA) is 23.6 Å². The zero-order chi connectivity index (χ0) is 13.8. The van der Waals surface area contributed by atoms with Gasteiger partial charge >= 0.3 is 0 Å². The van der Waals surface area contributed by atoms with E-state index in [0.717, 1.165) is 42.5 Å². The molecule has 1 aliphatic heterocycles. The normalized spacial score (nSPS) is 14.8. The molecule has 0 atom stereocenters. The Morgan fingerprint density at radius 1 is 1.26 bits per heavy atom. The van der Waals surface area contributed by atoms with E-state index in [1.807, 2.05) is 36.9 Å². The largest absolute Gasteiger partial charge is 0.370 e. The first-order valence-electron chi connectivity index (χ1n) is 7.01. The van der Waals surface area contributed by atoms with Gasteiger partial charge in [-0.3, -0.25) is 4.79 Å². The van der Waals surface area contributed by atoms with Gasteiger partial charge in [0.25, 0.3) is 5.91 Å². The van der Waals surface area contributed by atoms with Crippen LogP contribution in [0.15, 0.2) is 18.2 Å². The second kappa shape index (κ2) is 6.29. The molecular weight excluding hydrogens is 260 g/mol. The third-order valence-electron chi connectivity index (χ3n) is 3.69. The molecule has 1 heterocycles. The van der Waals surface area contributed by atoms with Crippen molar-refractivity contribution >= 4 is 23.2 Å². The number of rotatable bonds is 4. The van der Waals surface area contributed by atoms with Gasteiger partial charge in [-0.05, 0) is 44.9 Å². The van der Waals surface area contributed by atoms with Crippen molar-refractivity contribution in [1.29, 1.82) is 0 Å². The molecule has 19 heavy (non-hydrogen) atoms. The zero-order valence-corrected chi connectivity index (χ0v) is 12.4. The number of anilines is 1. The Kier molecular flexibility index (Phi) is 4.70. The zero-order valence-electron chi connectivity index (χ0n) is 11.7. The summed E-state index contributed by atoms with van der Waals surface area (Å²) < 4.78 is 0. The van der Waals surface area contributed by atoms with Crippen LogP contribution >= 0.6 is 11.6 Å².